The van der Waals surface area contributed by atoms with Crippen molar-refractivity contribution in [2.45, 2.75) is 65.6 Å². The minimum Gasteiger partial charge on any atom is -0.480 e. The molecule has 0 fully saturated rings. The highest BCUT2D eigenvalue weighted by Crippen LogP contribution is 2.09. The van der Waals surface area contributed by atoms with Crippen molar-refractivity contribution in [1.82, 2.24) is 26.6 Å². The van der Waals surface area contributed by atoms with Crippen molar-refractivity contribution in [3.8, 4) is 0 Å². The van der Waals surface area contributed by atoms with E-state index in [4.69, 9.17) is 10.8 Å². The molecule has 0 spiro atoms. The molecule has 13 heteroatoms. The van der Waals surface area contributed by atoms with E-state index in [0.717, 1.165) is 0 Å². The minimum absolute atomic E-state index is 0.0171. The van der Waals surface area contributed by atoms with Crippen LogP contribution < -0.4 is 32.3 Å². The fourth-order valence-corrected chi connectivity index (χ4v) is 2.78. The Kier molecular flexibility index (Phi) is 14.1. The molecule has 0 aliphatic rings. The second kappa shape index (κ2) is 15.6. The molecule has 13 nitrogen and oxygen atoms in total. The molecular weight excluding hydrogens is 448 g/mol. The molecule has 0 aromatic carbocycles. The predicted molar refractivity (Wildman–Crippen MR) is 123 cm³/mol. The molecule has 0 radical (unpaired) electrons. The number of amides is 5. The highest BCUT2D eigenvalue weighted by atomic mass is 16.4. The van der Waals surface area contributed by atoms with E-state index in [-0.39, 0.29) is 31.2 Å². The van der Waals surface area contributed by atoms with Gasteiger partial charge in [0.25, 0.3) is 0 Å². The van der Waals surface area contributed by atoms with Crippen molar-refractivity contribution in [3.63, 3.8) is 0 Å². The van der Waals surface area contributed by atoms with Crippen molar-refractivity contribution in [2.75, 3.05) is 19.6 Å². The number of aliphatic carboxylic acids is 1. The molecule has 8 N–H and O–H groups in total. The minimum atomic E-state index is -1.22. The number of carbonyl (C=O) groups excluding carboxylic acids is 5. The van der Waals surface area contributed by atoms with E-state index in [1.807, 2.05) is 27.7 Å². The largest absolute Gasteiger partial charge is 0.480 e. The van der Waals surface area contributed by atoms with Crippen molar-refractivity contribution in [3.05, 3.63) is 0 Å². The van der Waals surface area contributed by atoms with Crippen LogP contribution in [0.3, 0.4) is 0 Å². The first-order valence-corrected chi connectivity index (χ1v) is 11.1. The Labute approximate surface area is 199 Å². The Balaban J connectivity index is 5.14. The van der Waals surface area contributed by atoms with Gasteiger partial charge in [0, 0.05) is 0 Å². The normalized spacial score (nSPS) is 13.4. The SMILES string of the molecule is CC(C)C[C@H](NC(=O)CNC(=O)[C@H](C)N)C(=O)N[C@@H](CC(C)C)C(=O)NCC(=O)NCC(=O)O. The third-order valence-corrected chi connectivity index (χ3v) is 4.40. The molecule has 0 aliphatic carbocycles. The van der Waals surface area contributed by atoms with Crippen molar-refractivity contribution >= 4 is 35.5 Å². The van der Waals surface area contributed by atoms with E-state index in [1.54, 1.807) is 0 Å². The maximum Gasteiger partial charge on any atom is 0.322 e. The summed E-state index contributed by atoms with van der Waals surface area (Å²) in [7, 11) is 0. The number of carbonyl (C=O) groups is 6. The standard InChI is InChI=1S/C21H38N6O7/c1-11(2)6-14(20(33)25-8-16(28)23-10-18(30)31)27-21(34)15(7-12(3)4)26-17(29)9-24-19(32)13(5)22/h11-15H,6-10,22H2,1-5H3,(H,23,28)(H,24,32)(H,25,33)(H,26,29)(H,27,34)(H,30,31)/t13-,14-,15-/m0/s1. The molecule has 0 saturated carbocycles. The van der Waals surface area contributed by atoms with Gasteiger partial charge in [-0.25, -0.2) is 0 Å². The van der Waals surface area contributed by atoms with Gasteiger partial charge < -0.3 is 37.4 Å². The van der Waals surface area contributed by atoms with Gasteiger partial charge >= 0.3 is 5.97 Å². The molecule has 0 aliphatic heterocycles. The van der Waals surface area contributed by atoms with Crippen LogP contribution in [-0.2, 0) is 28.8 Å². The lowest BCUT2D eigenvalue weighted by Gasteiger charge is -2.25. The third kappa shape index (κ3) is 14.0. The van der Waals surface area contributed by atoms with Crippen molar-refractivity contribution < 1.29 is 33.9 Å². The molecule has 3 atom stereocenters. The summed E-state index contributed by atoms with van der Waals surface area (Å²) in [5.41, 5.74) is 5.44. The third-order valence-electron chi connectivity index (χ3n) is 4.40. The van der Waals surface area contributed by atoms with Crippen LogP contribution in [0.5, 0.6) is 0 Å². The number of hydrogen-bond acceptors (Lipinski definition) is 7. The number of rotatable bonds is 15. The Morgan fingerprint density at radius 3 is 1.59 bits per heavy atom. The van der Waals surface area contributed by atoms with Crippen LogP contribution in [0.15, 0.2) is 0 Å². The number of nitrogens with two attached hydrogens (primary N) is 1. The van der Waals surface area contributed by atoms with Gasteiger partial charge in [-0.3, -0.25) is 28.8 Å². The molecule has 5 amide bonds. The smallest absolute Gasteiger partial charge is 0.322 e. The molecule has 34 heavy (non-hydrogen) atoms. The first-order valence-electron chi connectivity index (χ1n) is 11.1. The lowest BCUT2D eigenvalue weighted by atomic mass is 10.00. The van der Waals surface area contributed by atoms with Crippen LogP contribution >= 0.6 is 0 Å². The summed E-state index contributed by atoms with van der Waals surface area (Å²) in [6.45, 7) is 7.49. The van der Waals surface area contributed by atoms with E-state index in [2.05, 4.69) is 26.6 Å². The van der Waals surface area contributed by atoms with Gasteiger partial charge in [0.05, 0.1) is 19.1 Å². The Morgan fingerprint density at radius 1 is 0.647 bits per heavy atom. The van der Waals surface area contributed by atoms with Crippen LogP contribution in [0.1, 0.15) is 47.5 Å². The number of carboxylic acids is 1. The topological polar surface area (TPSA) is 209 Å². The van der Waals surface area contributed by atoms with Crippen molar-refractivity contribution in [2.24, 2.45) is 17.6 Å². The Morgan fingerprint density at radius 2 is 1.12 bits per heavy atom. The molecule has 0 unspecified atom stereocenters. The summed E-state index contributed by atoms with van der Waals surface area (Å²) in [6, 6.07) is -2.73. The Bertz CT molecular complexity index is 739. The van der Waals surface area contributed by atoms with Gasteiger partial charge in [0.15, 0.2) is 0 Å². The lowest BCUT2D eigenvalue weighted by molar-refractivity contribution is -0.138. The van der Waals surface area contributed by atoms with E-state index in [9.17, 15) is 28.8 Å². The van der Waals surface area contributed by atoms with Gasteiger partial charge in [-0.1, -0.05) is 27.7 Å². The van der Waals surface area contributed by atoms with Crippen LogP contribution in [0, 0.1) is 11.8 Å². The Hall–Kier alpha value is -3.22. The highest BCUT2D eigenvalue weighted by molar-refractivity contribution is 5.94. The van der Waals surface area contributed by atoms with Crippen molar-refractivity contribution in [1.29, 1.82) is 0 Å². The molecular formula is C21H38N6O7. The van der Waals surface area contributed by atoms with Crippen LogP contribution in [0.25, 0.3) is 0 Å². The monoisotopic (exact) mass is 486 g/mol. The maximum atomic E-state index is 12.9. The summed E-state index contributed by atoms with van der Waals surface area (Å²) >= 11 is 0. The van der Waals surface area contributed by atoms with Gasteiger partial charge in [-0.15, -0.1) is 0 Å². The van der Waals surface area contributed by atoms with E-state index < -0.39 is 66.7 Å². The average molecular weight is 487 g/mol. The number of carboxylic acid groups (broad SMARTS) is 1. The summed E-state index contributed by atoms with van der Waals surface area (Å²) in [5.74, 6) is -4.17. The molecule has 0 aromatic heterocycles. The molecule has 194 valence electrons. The quantitative estimate of drug-likeness (QED) is 0.135. The fraction of sp³-hybridized carbons (Fsp3) is 0.714. The summed E-state index contributed by atoms with van der Waals surface area (Å²) in [5, 5.41) is 20.6. The molecule has 0 aromatic rings. The van der Waals surface area contributed by atoms with E-state index >= 15 is 0 Å². The summed E-state index contributed by atoms with van der Waals surface area (Å²) in [4.78, 5) is 71.5. The van der Waals surface area contributed by atoms with E-state index in [0.29, 0.717) is 0 Å². The van der Waals surface area contributed by atoms with Crippen LogP contribution in [0.2, 0.25) is 0 Å². The fourth-order valence-electron chi connectivity index (χ4n) is 2.78. The second-order valence-corrected chi connectivity index (χ2v) is 8.84. The second-order valence-electron chi connectivity index (χ2n) is 8.84. The van der Waals surface area contributed by atoms with Gasteiger partial charge in [0.1, 0.15) is 18.6 Å². The average Bonchev–Trinajstić information content (AvgIpc) is 2.72. The van der Waals surface area contributed by atoms with E-state index in [1.165, 1.54) is 6.92 Å². The molecule has 0 heterocycles. The highest BCUT2D eigenvalue weighted by Gasteiger charge is 2.28. The predicted octanol–water partition coefficient (Wildman–Crippen LogP) is -2.17. The summed E-state index contributed by atoms with van der Waals surface area (Å²) < 4.78 is 0. The molecule has 0 bridgehead atoms. The summed E-state index contributed by atoms with van der Waals surface area (Å²) in [6.07, 6.45) is 0.549. The number of nitrogens with one attached hydrogen (secondary N) is 5. The van der Waals surface area contributed by atoms with Crippen LogP contribution in [-0.4, -0.2) is 78.4 Å². The first kappa shape index (κ1) is 30.8. The molecule has 0 rings (SSSR count). The zero-order valence-electron chi connectivity index (χ0n) is 20.4. The zero-order valence-corrected chi connectivity index (χ0v) is 20.4. The van der Waals surface area contributed by atoms with Gasteiger partial charge in [-0.2, -0.15) is 0 Å². The molecule has 0 saturated heterocycles. The lowest BCUT2D eigenvalue weighted by Crippen LogP contribution is -2.56. The van der Waals surface area contributed by atoms with Crippen LogP contribution in [0.4, 0.5) is 0 Å². The van der Waals surface area contributed by atoms with Gasteiger partial charge in [-0.05, 0) is 31.6 Å². The first-order chi connectivity index (χ1) is 15.7. The maximum absolute atomic E-state index is 12.9. The van der Waals surface area contributed by atoms with Gasteiger partial charge in [0.2, 0.25) is 29.5 Å². The zero-order chi connectivity index (χ0) is 26.4. The number of hydrogen-bond donors (Lipinski definition) is 7.